The molecule has 0 aliphatic carbocycles. The van der Waals surface area contributed by atoms with E-state index in [1.807, 2.05) is 4.90 Å². The molecule has 0 radical (unpaired) electrons. The van der Waals surface area contributed by atoms with Crippen LogP contribution in [0.25, 0.3) is 0 Å². The first-order valence-corrected chi connectivity index (χ1v) is 6.07. The minimum absolute atomic E-state index is 0.0218. The molecule has 8 heteroatoms. The summed E-state index contributed by atoms with van der Waals surface area (Å²) in [4.78, 5) is 25.2. The third-order valence-corrected chi connectivity index (χ3v) is 2.87. The van der Waals surface area contributed by atoms with E-state index in [1.165, 1.54) is 6.92 Å². The van der Waals surface area contributed by atoms with Crippen LogP contribution in [0.2, 0.25) is 5.28 Å². The molecule has 0 spiro atoms. The van der Waals surface area contributed by atoms with E-state index in [9.17, 15) is 4.79 Å². The first-order chi connectivity index (χ1) is 8.58. The second-order valence-electron chi connectivity index (χ2n) is 4.11. The van der Waals surface area contributed by atoms with Crippen LogP contribution in [0.5, 0.6) is 0 Å². The van der Waals surface area contributed by atoms with Crippen molar-refractivity contribution >= 4 is 29.4 Å². The molecular formula is C10H15ClN6O. The Labute approximate surface area is 110 Å². The van der Waals surface area contributed by atoms with Crippen molar-refractivity contribution in [2.75, 3.05) is 30.4 Å². The summed E-state index contributed by atoms with van der Waals surface area (Å²) in [5, 5.41) is 5.88. The van der Waals surface area contributed by atoms with Crippen LogP contribution in [0.1, 0.15) is 13.3 Å². The minimum Gasteiger partial charge on any atom is -0.357 e. The van der Waals surface area contributed by atoms with Crippen LogP contribution in [0.3, 0.4) is 0 Å². The van der Waals surface area contributed by atoms with E-state index in [4.69, 9.17) is 11.6 Å². The van der Waals surface area contributed by atoms with Gasteiger partial charge in [-0.2, -0.15) is 15.0 Å². The summed E-state index contributed by atoms with van der Waals surface area (Å²) >= 11 is 5.83. The Kier molecular flexibility index (Phi) is 3.81. The first-order valence-electron chi connectivity index (χ1n) is 5.70. The molecule has 1 aliphatic rings. The summed E-state index contributed by atoms with van der Waals surface area (Å²) < 4.78 is 0. The molecule has 1 unspecified atom stereocenters. The monoisotopic (exact) mass is 270 g/mol. The third kappa shape index (κ3) is 2.98. The lowest BCUT2D eigenvalue weighted by Crippen LogP contribution is -2.36. The van der Waals surface area contributed by atoms with Crippen LogP contribution < -0.4 is 15.5 Å². The molecular weight excluding hydrogens is 256 g/mol. The first kappa shape index (κ1) is 12.8. The average Bonchev–Trinajstić information content (AvgIpc) is 2.75. The summed E-state index contributed by atoms with van der Waals surface area (Å²) in [5.41, 5.74) is 0. The Morgan fingerprint density at radius 3 is 2.89 bits per heavy atom. The van der Waals surface area contributed by atoms with Crippen molar-refractivity contribution < 1.29 is 4.79 Å². The zero-order valence-corrected chi connectivity index (χ0v) is 11.0. The topological polar surface area (TPSA) is 83.0 Å². The molecule has 2 N–H and O–H groups in total. The van der Waals surface area contributed by atoms with Crippen LogP contribution in [0.15, 0.2) is 0 Å². The number of carbonyl (C=O) groups excluding carboxylic acids is 1. The van der Waals surface area contributed by atoms with Crippen LogP contribution >= 0.6 is 11.6 Å². The number of nitrogens with one attached hydrogen (secondary N) is 2. The van der Waals surface area contributed by atoms with Crippen LogP contribution in [-0.2, 0) is 4.79 Å². The molecule has 7 nitrogen and oxygen atoms in total. The molecule has 1 atom stereocenters. The molecule has 0 aromatic carbocycles. The van der Waals surface area contributed by atoms with Gasteiger partial charge in [0.2, 0.25) is 23.1 Å². The zero-order valence-electron chi connectivity index (χ0n) is 10.3. The Balaban J connectivity index is 2.09. The van der Waals surface area contributed by atoms with Crippen molar-refractivity contribution in [3.05, 3.63) is 5.28 Å². The number of amides is 1. The standard InChI is InChI=1S/C10H15ClN6O/c1-6(18)13-7-3-4-17(5-7)10-15-8(11)14-9(12-2)16-10/h7H,3-5H2,1-2H3,(H,13,18)(H,12,14,15,16). The Morgan fingerprint density at radius 2 is 2.22 bits per heavy atom. The smallest absolute Gasteiger partial charge is 0.231 e. The van der Waals surface area contributed by atoms with Crippen molar-refractivity contribution in [1.82, 2.24) is 20.3 Å². The summed E-state index contributed by atoms with van der Waals surface area (Å²) in [6.45, 7) is 2.99. The van der Waals surface area contributed by atoms with Gasteiger partial charge in [-0.25, -0.2) is 0 Å². The Morgan fingerprint density at radius 1 is 1.44 bits per heavy atom. The molecule has 1 fully saturated rings. The molecule has 1 aromatic rings. The summed E-state index contributed by atoms with van der Waals surface area (Å²) in [7, 11) is 1.72. The predicted molar refractivity (Wildman–Crippen MR) is 68.8 cm³/mol. The van der Waals surface area contributed by atoms with E-state index in [0.717, 1.165) is 13.0 Å². The van der Waals surface area contributed by atoms with Gasteiger partial charge >= 0.3 is 0 Å². The second-order valence-corrected chi connectivity index (χ2v) is 4.45. The van der Waals surface area contributed by atoms with Crippen LogP contribution in [0.4, 0.5) is 11.9 Å². The number of nitrogens with zero attached hydrogens (tertiary/aromatic N) is 4. The molecule has 1 aromatic heterocycles. The highest BCUT2D eigenvalue weighted by Crippen LogP contribution is 2.18. The quantitative estimate of drug-likeness (QED) is 0.821. The molecule has 18 heavy (non-hydrogen) atoms. The van der Waals surface area contributed by atoms with Crippen molar-refractivity contribution in [2.24, 2.45) is 0 Å². The maximum Gasteiger partial charge on any atom is 0.231 e. The molecule has 1 aliphatic heterocycles. The molecule has 1 saturated heterocycles. The van der Waals surface area contributed by atoms with Gasteiger partial charge in [-0.3, -0.25) is 4.79 Å². The summed E-state index contributed by atoms with van der Waals surface area (Å²) in [6.07, 6.45) is 0.873. The summed E-state index contributed by atoms with van der Waals surface area (Å²) in [5.74, 6) is 0.951. The number of aromatic nitrogens is 3. The molecule has 0 bridgehead atoms. The lowest BCUT2D eigenvalue weighted by Gasteiger charge is -2.17. The van der Waals surface area contributed by atoms with E-state index < -0.39 is 0 Å². The lowest BCUT2D eigenvalue weighted by atomic mass is 10.3. The van der Waals surface area contributed by atoms with Crippen molar-refractivity contribution in [2.45, 2.75) is 19.4 Å². The average molecular weight is 271 g/mol. The van der Waals surface area contributed by atoms with Gasteiger partial charge in [0.1, 0.15) is 0 Å². The molecule has 0 saturated carbocycles. The summed E-state index contributed by atoms with van der Waals surface area (Å²) in [6, 6.07) is 0.135. The molecule has 2 heterocycles. The molecule has 2 rings (SSSR count). The fraction of sp³-hybridized carbons (Fsp3) is 0.600. The molecule has 1 amide bonds. The van der Waals surface area contributed by atoms with E-state index >= 15 is 0 Å². The fourth-order valence-electron chi connectivity index (χ4n) is 1.94. The number of anilines is 2. The highest BCUT2D eigenvalue weighted by atomic mass is 35.5. The zero-order chi connectivity index (χ0) is 13.1. The van der Waals surface area contributed by atoms with Crippen molar-refractivity contribution in [3.63, 3.8) is 0 Å². The van der Waals surface area contributed by atoms with Crippen LogP contribution in [-0.4, -0.2) is 47.0 Å². The second kappa shape index (κ2) is 5.34. The lowest BCUT2D eigenvalue weighted by molar-refractivity contribution is -0.119. The van der Waals surface area contributed by atoms with Crippen molar-refractivity contribution in [1.29, 1.82) is 0 Å². The van der Waals surface area contributed by atoms with Gasteiger partial charge in [-0.1, -0.05) is 0 Å². The SMILES string of the molecule is CNc1nc(Cl)nc(N2CCC(NC(C)=O)C2)n1. The van der Waals surface area contributed by atoms with Gasteiger partial charge in [0.05, 0.1) is 0 Å². The van der Waals surface area contributed by atoms with E-state index in [-0.39, 0.29) is 17.2 Å². The normalized spacial score (nSPS) is 18.8. The maximum absolute atomic E-state index is 11.0. The fourth-order valence-corrected chi connectivity index (χ4v) is 2.10. The maximum atomic E-state index is 11.0. The Hall–Kier alpha value is -1.63. The highest BCUT2D eigenvalue weighted by molar-refractivity contribution is 6.28. The minimum atomic E-state index is -0.0218. The predicted octanol–water partition coefficient (Wildman–Crippen LogP) is 0.281. The van der Waals surface area contributed by atoms with E-state index in [2.05, 4.69) is 25.6 Å². The molecule has 98 valence electrons. The largest absolute Gasteiger partial charge is 0.357 e. The number of halogens is 1. The van der Waals surface area contributed by atoms with Gasteiger partial charge in [-0.15, -0.1) is 0 Å². The van der Waals surface area contributed by atoms with Gasteiger partial charge < -0.3 is 15.5 Å². The van der Waals surface area contributed by atoms with E-state index in [0.29, 0.717) is 18.4 Å². The Bertz CT molecular complexity index is 454. The number of hydrogen-bond donors (Lipinski definition) is 2. The highest BCUT2D eigenvalue weighted by Gasteiger charge is 2.25. The number of carbonyl (C=O) groups is 1. The van der Waals surface area contributed by atoms with Crippen molar-refractivity contribution in [3.8, 4) is 0 Å². The number of rotatable bonds is 3. The van der Waals surface area contributed by atoms with Gasteiger partial charge in [0.25, 0.3) is 0 Å². The van der Waals surface area contributed by atoms with Crippen LogP contribution in [0, 0.1) is 0 Å². The van der Waals surface area contributed by atoms with Gasteiger partial charge in [-0.05, 0) is 18.0 Å². The van der Waals surface area contributed by atoms with Gasteiger partial charge in [0, 0.05) is 33.1 Å². The van der Waals surface area contributed by atoms with Gasteiger partial charge in [0.15, 0.2) is 0 Å². The van der Waals surface area contributed by atoms with E-state index in [1.54, 1.807) is 7.05 Å². The number of hydrogen-bond acceptors (Lipinski definition) is 6. The third-order valence-electron chi connectivity index (χ3n) is 2.70.